The predicted molar refractivity (Wildman–Crippen MR) is 164 cm³/mol. The highest BCUT2D eigenvalue weighted by atomic mass is 127. The summed E-state index contributed by atoms with van der Waals surface area (Å²) in [6.07, 6.45) is 0. The quantitative estimate of drug-likeness (QED) is 0.141. The first-order valence-corrected chi connectivity index (χ1v) is 14.8. The van der Waals surface area contributed by atoms with Crippen molar-refractivity contribution in [1.29, 1.82) is 0 Å². The average Bonchev–Trinajstić information content (AvgIpc) is 2.97. The third-order valence-electron chi connectivity index (χ3n) is 6.29. The van der Waals surface area contributed by atoms with Crippen molar-refractivity contribution in [2.75, 3.05) is 63.5 Å². The topological polar surface area (TPSA) is 77.1 Å². The first-order valence-electron chi connectivity index (χ1n) is 15.9. The molecule has 0 N–H and O–H groups in total. The number of anilines is 1. The van der Waals surface area contributed by atoms with Gasteiger partial charge in [0.1, 0.15) is 25.4 Å². The smallest absolute Gasteiger partial charge is 0.243 e. The summed E-state index contributed by atoms with van der Waals surface area (Å²) in [6.45, 7) is -14.8. The van der Waals surface area contributed by atoms with Crippen molar-refractivity contribution < 1.29 is 28.6 Å². The molecule has 3 aliphatic rings. The number of halogens is 1. The SMILES string of the molecule is [2H]C1([2H])N(C(=O)CI)C([2H])([2H])C([2H])([2H])N(S(=O)(=O)c2ccccc2-c2c3ccc(=[N+](C)C)cc-3oc3cc(N(C)C)ccc23)C1([2H])[2H]. The molecule has 0 atom stereocenters. The largest absolute Gasteiger partial charge is 0.456 e. The number of fused-ring (bicyclic) bond motifs is 2. The molecule has 2 aromatic rings. The monoisotopic (exact) mass is 667 g/mol. The highest BCUT2D eigenvalue weighted by molar-refractivity contribution is 14.1. The number of hydrogen-bond donors (Lipinski definition) is 0. The van der Waals surface area contributed by atoms with Crippen molar-refractivity contribution in [1.82, 2.24) is 13.8 Å². The maximum absolute atomic E-state index is 14.7. The minimum atomic E-state index is -5.42. The Labute approximate surface area is 253 Å². The maximum atomic E-state index is 14.7. The lowest BCUT2D eigenvalue weighted by Gasteiger charge is -2.34. The summed E-state index contributed by atoms with van der Waals surface area (Å²) in [6, 6.07) is 16.2. The van der Waals surface area contributed by atoms with Gasteiger partial charge in [-0.1, -0.05) is 40.8 Å². The second-order valence-electron chi connectivity index (χ2n) is 9.20. The molecule has 39 heavy (non-hydrogen) atoms. The van der Waals surface area contributed by atoms with E-state index in [4.69, 9.17) is 15.4 Å². The Morgan fingerprint density at radius 2 is 1.74 bits per heavy atom. The van der Waals surface area contributed by atoms with Crippen LogP contribution in [0.2, 0.25) is 0 Å². The van der Waals surface area contributed by atoms with Crippen molar-refractivity contribution in [3.8, 4) is 22.5 Å². The molecule has 1 fully saturated rings. The summed E-state index contributed by atoms with van der Waals surface area (Å²) in [7, 11) is 1.98. The van der Waals surface area contributed by atoms with Crippen LogP contribution in [0.4, 0.5) is 5.69 Å². The Kier molecular flexibility index (Phi) is 5.36. The number of sulfonamides is 1. The van der Waals surface area contributed by atoms with E-state index in [9.17, 15) is 13.2 Å². The first kappa shape index (κ1) is 19.2. The first-order chi connectivity index (χ1) is 21.6. The second kappa shape index (κ2) is 10.9. The molecule has 0 saturated carbocycles. The number of amides is 1. The third-order valence-corrected chi connectivity index (χ3v) is 8.51. The molecule has 1 aliphatic carbocycles. The van der Waals surface area contributed by atoms with Crippen molar-refractivity contribution in [3.05, 3.63) is 66.0 Å². The standard InChI is InChI=1S/C29H32IN4O4S/c1-31(2)20-9-11-22-25(17-20)38-26-18-21(32(3)4)10-12-23(26)29(22)24-7-5-6-8-27(24)39(36,37)34-15-13-33(14-16-34)28(35)19-30/h5-12,17-18H,13-16,19H2,1-4H3/q+1/i13D2,14D2,15D2,16D2. The van der Waals surface area contributed by atoms with E-state index in [1.807, 2.05) is 49.8 Å². The van der Waals surface area contributed by atoms with Gasteiger partial charge in [-0.3, -0.25) is 4.79 Å². The maximum Gasteiger partial charge on any atom is 0.243 e. The van der Waals surface area contributed by atoms with Crippen LogP contribution in [0, 0.1) is 0 Å². The van der Waals surface area contributed by atoms with Gasteiger partial charge < -0.3 is 14.2 Å². The number of carbonyl (C=O) groups excluding carboxylic acids is 1. The fourth-order valence-electron chi connectivity index (χ4n) is 4.26. The van der Waals surface area contributed by atoms with Crippen LogP contribution in [0.1, 0.15) is 11.0 Å². The summed E-state index contributed by atoms with van der Waals surface area (Å²) in [4.78, 5) is 13.8. The van der Waals surface area contributed by atoms with Crippen molar-refractivity contribution in [2.24, 2.45) is 0 Å². The van der Waals surface area contributed by atoms with Crippen LogP contribution < -0.4 is 14.8 Å². The summed E-state index contributed by atoms with van der Waals surface area (Å²) < 4.78 is 106. The lowest BCUT2D eigenvalue weighted by atomic mass is 9.93. The fourth-order valence-corrected chi connectivity index (χ4v) is 5.82. The second-order valence-corrected chi connectivity index (χ2v) is 11.7. The summed E-state index contributed by atoms with van der Waals surface area (Å²) in [5.74, 6) is -0.850. The molecule has 5 rings (SSSR count). The van der Waals surface area contributed by atoms with E-state index in [0.717, 1.165) is 17.1 Å². The molecule has 8 nitrogen and oxygen atoms in total. The van der Waals surface area contributed by atoms with Gasteiger partial charge in [0.25, 0.3) is 0 Å². The van der Waals surface area contributed by atoms with E-state index < -0.39 is 55.5 Å². The Hall–Kier alpha value is -2.96. The highest BCUT2D eigenvalue weighted by Crippen LogP contribution is 2.43. The molecule has 0 spiro atoms. The van der Waals surface area contributed by atoms with Crippen LogP contribution in [0.15, 0.2) is 70.0 Å². The molecule has 204 valence electrons. The molecule has 0 radical (unpaired) electrons. The zero-order chi connectivity index (χ0) is 35.1. The van der Waals surface area contributed by atoms with Crippen LogP contribution in [0.3, 0.4) is 0 Å². The van der Waals surface area contributed by atoms with Crippen LogP contribution in [-0.2, 0) is 14.8 Å². The van der Waals surface area contributed by atoms with Gasteiger partial charge in [0.15, 0.2) is 0 Å². The number of benzene rings is 3. The number of alkyl halides is 1. The fraction of sp³-hybridized carbons (Fsp3) is 0.310. The lowest BCUT2D eigenvalue weighted by Crippen LogP contribution is -2.50. The number of nitrogens with zero attached hydrogens (tertiary/aromatic N) is 4. The highest BCUT2D eigenvalue weighted by Gasteiger charge is 2.32. The molecule has 0 bridgehead atoms. The average molecular weight is 668 g/mol. The van der Waals surface area contributed by atoms with Gasteiger partial charge in [0.05, 0.1) is 20.9 Å². The predicted octanol–water partition coefficient (Wildman–Crippen LogP) is 3.57. The normalized spacial score (nSPS) is 22.8. The van der Waals surface area contributed by atoms with E-state index in [1.165, 1.54) is 34.7 Å². The molecular formula is C29H32IN4O4S+. The zero-order valence-corrected chi connectivity index (χ0v) is 24.7. The molecule has 2 aliphatic heterocycles. The van der Waals surface area contributed by atoms with Gasteiger partial charge in [-0.05, 0) is 24.3 Å². The van der Waals surface area contributed by atoms with Crippen molar-refractivity contribution in [3.63, 3.8) is 0 Å². The number of hydrogen-bond acceptors (Lipinski definition) is 5. The molecule has 2 aromatic carbocycles. The van der Waals surface area contributed by atoms with Gasteiger partial charge in [-0.2, -0.15) is 4.31 Å². The van der Waals surface area contributed by atoms with Crippen LogP contribution in [0.5, 0.6) is 0 Å². The minimum absolute atomic E-state index is 0.0204. The molecule has 1 saturated heterocycles. The molecule has 1 amide bonds. The molecule has 10 heteroatoms. The van der Waals surface area contributed by atoms with Gasteiger partial charge >= 0.3 is 0 Å². The van der Waals surface area contributed by atoms with Crippen LogP contribution in [0.25, 0.3) is 33.4 Å². The number of rotatable bonds is 5. The summed E-state index contributed by atoms with van der Waals surface area (Å²) in [5, 5.41) is 1.28. The van der Waals surface area contributed by atoms with Crippen molar-refractivity contribution >= 4 is 55.2 Å². The molecule has 0 unspecified atom stereocenters. The molecule has 0 aromatic heterocycles. The van der Waals surface area contributed by atoms with E-state index in [0.29, 0.717) is 27.9 Å². The minimum Gasteiger partial charge on any atom is -0.456 e. The Bertz CT molecular complexity index is 2040. The van der Waals surface area contributed by atoms with Crippen molar-refractivity contribution in [2.45, 2.75) is 4.90 Å². The number of carbonyl (C=O) groups is 1. The van der Waals surface area contributed by atoms with E-state index in [2.05, 4.69) is 0 Å². The van der Waals surface area contributed by atoms with Gasteiger partial charge in [-0.25, -0.2) is 13.0 Å². The van der Waals surface area contributed by atoms with E-state index in [1.54, 1.807) is 30.3 Å². The van der Waals surface area contributed by atoms with Gasteiger partial charge in [0, 0.05) is 85.5 Å². The lowest BCUT2D eigenvalue weighted by molar-refractivity contribution is -0.129. The summed E-state index contributed by atoms with van der Waals surface area (Å²) >= 11 is 1.52. The number of piperazine rings is 1. The van der Waals surface area contributed by atoms with Crippen LogP contribution >= 0.6 is 22.6 Å². The molecular weight excluding hydrogens is 627 g/mol. The third kappa shape index (κ3) is 5.17. The Morgan fingerprint density at radius 1 is 1.03 bits per heavy atom. The summed E-state index contributed by atoms with van der Waals surface area (Å²) in [5.41, 5.74) is 2.05. The van der Waals surface area contributed by atoms with Gasteiger partial charge in [-0.15, -0.1) is 0 Å². The van der Waals surface area contributed by atoms with E-state index in [-0.39, 0.29) is 10.5 Å². The van der Waals surface area contributed by atoms with Crippen LogP contribution in [-0.4, -0.2) is 82.1 Å². The van der Waals surface area contributed by atoms with E-state index >= 15 is 0 Å². The van der Waals surface area contributed by atoms with Gasteiger partial charge in [0.2, 0.25) is 21.3 Å². The zero-order valence-electron chi connectivity index (χ0n) is 29.7. The Balaban J connectivity index is 1.87. The molecule has 2 heterocycles. The Morgan fingerprint density at radius 3 is 2.41 bits per heavy atom.